The van der Waals surface area contributed by atoms with Gasteiger partial charge in [0.2, 0.25) is 0 Å². The molecule has 0 aliphatic rings. The van der Waals surface area contributed by atoms with Crippen molar-refractivity contribution in [3.05, 3.63) is 47.5 Å². The first-order valence-electron chi connectivity index (χ1n) is 7.93. The molecule has 1 N–H and O–H groups in total. The Morgan fingerprint density at radius 3 is 2.22 bits per heavy atom. The van der Waals surface area contributed by atoms with Crippen LogP contribution in [0.5, 0.6) is 23.0 Å². The lowest BCUT2D eigenvalue weighted by molar-refractivity contribution is -0.112. The summed E-state index contributed by atoms with van der Waals surface area (Å²) >= 11 is 0. The number of nitrogens with zero attached hydrogens (tertiary/aromatic N) is 1. The molecule has 0 atom stereocenters. The molecule has 27 heavy (non-hydrogen) atoms. The summed E-state index contributed by atoms with van der Waals surface area (Å²) in [7, 11) is 6.03. The average Bonchev–Trinajstić information content (AvgIpc) is 2.71. The molecule has 0 unspecified atom stereocenters. The maximum Gasteiger partial charge on any atom is 0.266 e. The number of ether oxygens (including phenoxy) is 4. The van der Waals surface area contributed by atoms with Crippen molar-refractivity contribution in [1.29, 1.82) is 5.26 Å². The number of rotatable bonds is 7. The minimum absolute atomic E-state index is 0.0941. The van der Waals surface area contributed by atoms with Gasteiger partial charge in [0.15, 0.2) is 11.5 Å². The molecule has 2 rings (SSSR count). The highest BCUT2D eigenvalue weighted by molar-refractivity contribution is 6.10. The van der Waals surface area contributed by atoms with Crippen molar-refractivity contribution < 1.29 is 23.7 Å². The molecule has 0 aromatic heterocycles. The third kappa shape index (κ3) is 4.70. The van der Waals surface area contributed by atoms with E-state index in [-0.39, 0.29) is 5.57 Å². The van der Waals surface area contributed by atoms with Crippen molar-refractivity contribution in [1.82, 2.24) is 0 Å². The molecule has 140 valence electrons. The van der Waals surface area contributed by atoms with Gasteiger partial charge in [-0.3, -0.25) is 4.79 Å². The molecule has 0 spiro atoms. The van der Waals surface area contributed by atoms with E-state index in [0.717, 1.165) is 0 Å². The molecule has 0 aliphatic heterocycles. The molecule has 7 nitrogen and oxygen atoms in total. The predicted octanol–water partition coefficient (Wildman–Crippen LogP) is 3.27. The summed E-state index contributed by atoms with van der Waals surface area (Å²) in [6.07, 6.45) is 1.43. The number of amides is 1. The van der Waals surface area contributed by atoms with Gasteiger partial charge in [-0.05, 0) is 24.3 Å². The quantitative estimate of drug-likeness (QED) is 0.596. The zero-order valence-electron chi connectivity index (χ0n) is 15.5. The van der Waals surface area contributed by atoms with Crippen molar-refractivity contribution >= 4 is 17.7 Å². The predicted molar refractivity (Wildman–Crippen MR) is 101 cm³/mol. The van der Waals surface area contributed by atoms with E-state index in [1.165, 1.54) is 34.5 Å². The summed E-state index contributed by atoms with van der Waals surface area (Å²) in [5.41, 5.74) is 0.926. The van der Waals surface area contributed by atoms with E-state index >= 15 is 0 Å². The van der Waals surface area contributed by atoms with Gasteiger partial charge in [0.25, 0.3) is 5.91 Å². The van der Waals surface area contributed by atoms with Gasteiger partial charge < -0.3 is 24.3 Å². The highest BCUT2D eigenvalue weighted by Crippen LogP contribution is 2.35. The Bertz CT molecular complexity index is 900. The number of anilines is 1. The molecule has 2 aromatic carbocycles. The van der Waals surface area contributed by atoms with Crippen LogP contribution in [-0.2, 0) is 4.79 Å². The molecule has 2 aromatic rings. The monoisotopic (exact) mass is 368 g/mol. The zero-order valence-corrected chi connectivity index (χ0v) is 15.5. The van der Waals surface area contributed by atoms with Crippen LogP contribution in [0.2, 0.25) is 0 Å². The van der Waals surface area contributed by atoms with E-state index < -0.39 is 5.91 Å². The van der Waals surface area contributed by atoms with Crippen LogP contribution in [0, 0.1) is 11.3 Å². The van der Waals surface area contributed by atoms with Crippen molar-refractivity contribution in [2.45, 2.75) is 0 Å². The largest absolute Gasteiger partial charge is 0.497 e. The first-order valence-corrected chi connectivity index (χ1v) is 7.93. The molecule has 0 aliphatic carbocycles. The molecule has 0 saturated heterocycles. The smallest absolute Gasteiger partial charge is 0.266 e. The van der Waals surface area contributed by atoms with Crippen LogP contribution < -0.4 is 24.3 Å². The van der Waals surface area contributed by atoms with Crippen LogP contribution in [0.3, 0.4) is 0 Å². The van der Waals surface area contributed by atoms with Gasteiger partial charge in [0.05, 0.1) is 28.4 Å². The van der Waals surface area contributed by atoms with Crippen LogP contribution in [0.15, 0.2) is 42.0 Å². The molecule has 7 heteroatoms. The molecule has 0 saturated carbocycles. The Hall–Kier alpha value is -3.66. The number of nitrogens with one attached hydrogen (secondary N) is 1. The van der Waals surface area contributed by atoms with E-state index in [9.17, 15) is 10.1 Å². The Morgan fingerprint density at radius 1 is 0.963 bits per heavy atom. The second-order valence-corrected chi connectivity index (χ2v) is 5.31. The lowest BCUT2D eigenvalue weighted by atomic mass is 10.1. The summed E-state index contributed by atoms with van der Waals surface area (Å²) in [5.74, 6) is 1.41. The van der Waals surface area contributed by atoms with Gasteiger partial charge in [-0.1, -0.05) is 6.07 Å². The number of carbonyl (C=O) groups is 1. The van der Waals surface area contributed by atoms with Crippen molar-refractivity contribution in [2.75, 3.05) is 33.8 Å². The van der Waals surface area contributed by atoms with Gasteiger partial charge >= 0.3 is 0 Å². The van der Waals surface area contributed by atoms with Crippen molar-refractivity contribution in [2.24, 2.45) is 0 Å². The molecular formula is C20H20N2O5. The average molecular weight is 368 g/mol. The van der Waals surface area contributed by atoms with Gasteiger partial charge in [0, 0.05) is 23.4 Å². The molecule has 0 radical (unpaired) electrons. The number of nitriles is 1. The number of hydrogen-bond acceptors (Lipinski definition) is 6. The number of benzene rings is 2. The fourth-order valence-electron chi connectivity index (χ4n) is 2.37. The third-order valence-corrected chi connectivity index (χ3v) is 3.73. The van der Waals surface area contributed by atoms with E-state index in [4.69, 9.17) is 18.9 Å². The standard InChI is InChI=1S/C20H20N2O5/c1-24-16-7-5-6-15(10-16)22-20(23)14(12-21)8-13-9-18(26-3)19(27-4)11-17(13)25-2/h5-11H,1-4H3,(H,22,23)/b14-8-. The van der Waals surface area contributed by atoms with Crippen LogP contribution in [0.1, 0.15) is 5.56 Å². The second kappa shape index (κ2) is 9.15. The van der Waals surface area contributed by atoms with Crippen molar-refractivity contribution in [3.8, 4) is 29.1 Å². The van der Waals surface area contributed by atoms with Crippen LogP contribution in [0.4, 0.5) is 5.69 Å². The topological polar surface area (TPSA) is 89.8 Å². The van der Waals surface area contributed by atoms with Gasteiger partial charge in [-0.15, -0.1) is 0 Å². The number of methoxy groups -OCH3 is 4. The van der Waals surface area contributed by atoms with Gasteiger partial charge in [-0.25, -0.2) is 0 Å². The van der Waals surface area contributed by atoms with Crippen LogP contribution in [-0.4, -0.2) is 34.3 Å². The summed E-state index contributed by atoms with van der Waals surface area (Å²) in [4.78, 5) is 12.5. The van der Waals surface area contributed by atoms with Crippen LogP contribution >= 0.6 is 0 Å². The number of hydrogen-bond donors (Lipinski definition) is 1. The summed E-state index contributed by atoms with van der Waals surface area (Å²) < 4.78 is 20.9. The summed E-state index contributed by atoms with van der Waals surface area (Å²) in [6, 6.07) is 12.0. The normalized spacial score (nSPS) is 10.6. The lowest BCUT2D eigenvalue weighted by Crippen LogP contribution is -2.13. The minimum atomic E-state index is -0.553. The molecular weight excluding hydrogens is 348 g/mol. The zero-order chi connectivity index (χ0) is 19.8. The molecule has 0 fully saturated rings. The minimum Gasteiger partial charge on any atom is -0.497 e. The highest BCUT2D eigenvalue weighted by atomic mass is 16.5. The van der Waals surface area contributed by atoms with E-state index in [2.05, 4.69) is 5.32 Å². The molecule has 1 amide bonds. The Morgan fingerprint density at radius 2 is 1.63 bits per heavy atom. The second-order valence-electron chi connectivity index (χ2n) is 5.31. The summed E-state index contributed by atoms with van der Waals surface area (Å²) in [5, 5.41) is 12.1. The van der Waals surface area contributed by atoms with Gasteiger partial charge in [-0.2, -0.15) is 5.26 Å². The lowest BCUT2D eigenvalue weighted by Gasteiger charge is -2.12. The third-order valence-electron chi connectivity index (χ3n) is 3.73. The Kier molecular flexibility index (Phi) is 6.67. The highest BCUT2D eigenvalue weighted by Gasteiger charge is 2.15. The maximum absolute atomic E-state index is 12.5. The Labute approximate surface area is 157 Å². The maximum atomic E-state index is 12.5. The number of carbonyl (C=O) groups excluding carboxylic acids is 1. The molecule has 0 bridgehead atoms. The molecule has 0 heterocycles. The fourth-order valence-corrected chi connectivity index (χ4v) is 2.37. The Balaban J connectivity index is 2.37. The van der Waals surface area contributed by atoms with E-state index in [1.807, 2.05) is 6.07 Å². The van der Waals surface area contributed by atoms with Gasteiger partial charge in [0.1, 0.15) is 23.1 Å². The van der Waals surface area contributed by atoms with Crippen molar-refractivity contribution in [3.63, 3.8) is 0 Å². The first kappa shape index (κ1) is 19.7. The van der Waals surface area contributed by atoms with Crippen LogP contribution in [0.25, 0.3) is 6.08 Å². The fraction of sp³-hybridized carbons (Fsp3) is 0.200. The summed E-state index contributed by atoms with van der Waals surface area (Å²) in [6.45, 7) is 0. The SMILES string of the molecule is COc1cccc(NC(=O)/C(C#N)=C\c2cc(OC)c(OC)cc2OC)c1. The van der Waals surface area contributed by atoms with E-state index in [1.54, 1.807) is 36.4 Å². The van der Waals surface area contributed by atoms with E-state index in [0.29, 0.717) is 34.2 Å². The first-order chi connectivity index (χ1) is 13.1.